The van der Waals surface area contributed by atoms with Crippen molar-refractivity contribution in [3.63, 3.8) is 0 Å². The Kier molecular flexibility index (Phi) is 6.43. The lowest BCUT2D eigenvalue weighted by Gasteiger charge is -2.16. The highest BCUT2D eigenvalue weighted by Gasteiger charge is 2.08. The molecule has 0 amide bonds. The molecule has 1 aromatic carbocycles. The lowest BCUT2D eigenvalue weighted by atomic mass is 10.3. The fourth-order valence-electron chi connectivity index (χ4n) is 1.32. The zero-order valence-corrected chi connectivity index (χ0v) is 10.5. The lowest BCUT2D eigenvalue weighted by Crippen LogP contribution is -2.35. The first-order chi connectivity index (χ1) is 8.31. The molecule has 0 aliphatic carbocycles. The third-order valence-electron chi connectivity index (χ3n) is 2.38. The second-order valence-corrected chi connectivity index (χ2v) is 3.77. The summed E-state index contributed by atoms with van der Waals surface area (Å²) >= 11 is 0. The van der Waals surface area contributed by atoms with Gasteiger partial charge in [0.2, 0.25) is 0 Å². The van der Waals surface area contributed by atoms with E-state index in [1.54, 1.807) is 7.05 Å². The van der Waals surface area contributed by atoms with E-state index >= 15 is 0 Å². The molecule has 0 saturated carbocycles. The van der Waals surface area contributed by atoms with Crippen molar-refractivity contribution < 1.29 is 14.6 Å². The Balaban J connectivity index is 2.56. The average molecular weight is 239 g/mol. The van der Waals surface area contributed by atoms with Gasteiger partial charge in [0.1, 0.15) is 6.61 Å². The van der Waals surface area contributed by atoms with Gasteiger partial charge in [0.25, 0.3) is 0 Å². The number of hydrogen-bond acceptors (Lipinski definition) is 4. The maximum Gasteiger partial charge on any atom is 0.161 e. The molecule has 1 rings (SSSR count). The van der Waals surface area contributed by atoms with Crippen molar-refractivity contribution in [1.82, 2.24) is 5.32 Å². The minimum Gasteiger partial charge on any atom is -0.490 e. The second kappa shape index (κ2) is 7.92. The zero-order chi connectivity index (χ0) is 12.5. The largest absolute Gasteiger partial charge is 0.490 e. The van der Waals surface area contributed by atoms with Crippen molar-refractivity contribution in [3.8, 4) is 11.5 Å². The Morgan fingerprint density at radius 3 is 2.41 bits per heavy atom. The van der Waals surface area contributed by atoms with E-state index in [1.165, 1.54) is 0 Å². The van der Waals surface area contributed by atoms with Crippen LogP contribution in [0, 0.1) is 0 Å². The van der Waals surface area contributed by atoms with Crippen LogP contribution in [0.1, 0.15) is 13.3 Å². The maximum atomic E-state index is 9.04. The van der Waals surface area contributed by atoms with Crippen molar-refractivity contribution in [3.05, 3.63) is 24.3 Å². The molecule has 0 radical (unpaired) electrons. The highest BCUT2D eigenvalue weighted by molar-refractivity contribution is 5.39. The molecule has 0 bridgehead atoms. The molecule has 0 fully saturated rings. The van der Waals surface area contributed by atoms with Crippen LogP contribution in [0.3, 0.4) is 0 Å². The number of rotatable bonds is 8. The number of aliphatic hydroxyl groups excluding tert-OH is 1. The van der Waals surface area contributed by atoms with E-state index in [1.807, 2.05) is 24.3 Å². The third kappa shape index (κ3) is 4.63. The Morgan fingerprint density at radius 1 is 1.24 bits per heavy atom. The monoisotopic (exact) mass is 239 g/mol. The summed E-state index contributed by atoms with van der Waals surface area (Å²) in [6.45, 7) is 3.20. The average Bonchev–Trinajstić information content (AvgIpc) is 2.38. The normalized spacial score (nSPS) is 12.2. The fraction of sp³-hybridized carbons (Fsp3) is 0.538. The first kappa shape index (κ1) is 13.8. The van der Waals surface area contributed by atoms with E-state index in [4.69, 9.17) is 14.6 Å². The van der Waals surface area contributed by atoms with E-state index in [0.717, 1.165) is 17.9 Å². The summed E-state index contributed by atoms with van der Waals surface area (Å²) in [5, 5.41) is 12.0. The van der Waals surface area contributed by atoms with Gasteiger partial charge in [-0.15, -0.1) is 0 Å². The van der Waals surface area contributed by atoms with Crippen molar-refractivity contribution in [1.29, 1.82) is 0 Å². The molecule has 17 heavy (non-hydrogen) atoms. The van der Waals surface area contributed by atoms with Gasteiger partial charge in [0, 0.05) is 0 Å². The van der Waals surface area contributed by atoms with E-state index < -0.39 is 0 Å². The van der Waals surface area contributed by atoms with Gasteiger partial charge < -0.3 is 19.9 Å². The first-order valence-electron chi connectivity index (χ1n) is 5.94. The summed E-state index contributed by atoms with van der Waals surface area (Å²) in [4.78, 5) is 0. The molecule has 2 N–H and O–H groups in total. The van der Waals surface area contributed by atoms with Gasteiger partial charge in [-0.05, 0) is 25.6 Å². The first-order valence-corrected chi connectivity index (χ1v) is 5.94. The zero-order valence-electron chi connectivity index (χ0n) is 10.5. The quantitative estimate of drug-likeness (QED) is 0.720. The summed E-state index contributed by atoms with van der Waals surface area (Å²) in [6.07, 6.45) is 0.962. The number of likely N-dealkylation sites (N-methyl/N-ethyl adjacent to an activating group) is 1. The molecule has 0 spiro atoms. The maximum absolute atomic E-state index is 9.04. The summed E-state index contributed by atoms with van der Waals surface area (Å²) in [5.41, 5.74) is 0. The number of para-hydroxylation sites is 2. The van der Waals surface area contributed by atoms with Crippen LogP contribution in [-0.2, 0) is 0 Å². The van der Waals surface area contributed by atoms with Gasteiger partial charge in [-0.25, -0.2) is 0 Å². The molecule has 0 aromatic heterocycles. The van der Waals surface area contributed by atoms with Crippen LogP contribution >= 0.6 is 0 Å². The van der Waals surface area contributed by atoms with Gasteiger partial charge in [-0.1, -0.05) is 19.1 Å². The summed E-state index contributed by atoms with van der Waals surface area (Å²) in [5.74, 6) is 1.47. The topological polar surface area (TPSA) is 50.7 Å². The summed E-state index contributed by atoms with van der Waals surface area (Å²) in [7, 11) is 1.80. The van der Waals surface area contributed by atoms with Gasteiger partial charge in [-0.3, -0.25) is 0 Å². The predicted molar refractivity (Wildman–Crippen MR) is 67.7 cm³/mol. The lowest BCUT2D eigenvalue weighted by molar-refractivity contribution is 0.183. The Bertz CT molecular complexity index is 313. The molecule has 4 nitrogen and oxygen atoms in total. The molecule has 0 aliphatic heterocycles. The molecular formula is C13H21NO3. The standard InChI is InChI=1S/C13H21NO3/c1-3-8-16-12-6-4-5-7-13(12)17-10-11(9-15)14-2/h4-7,11,14-15H,3,8-10H2,1-2H3. The van der Waals surface area contributed by atoms with Gasteiger partial charge >= 0.3 is 0 Å². The van der Waals surface area contributed by atoms with Crippen LogP contribution in [-0.4, -0.2) is 38.0 Å². The molecule has 1 atom stereocenters. The highest BCUT2D eigenvalue weighted by Crippen LogP contribution is 2.26. The third-order valence-corrected chi connectivity index (χ3v) is 2.38. The number of benzene rings is 1. The molecular weight excluding hydrogens is 218 g/mol. The van der Waals surface area contributed by atoms with Crippen LogP contribution in [0.25, 0.3) is 0 Å². The minimum atomic E-state index is -0.0609. The summed E-state index contributed by atoms with van der Waals surface area (Å²) < 4.78 is 11.2. The Hall–Kier alpha value is -1.26. The number of aliphatic hydroxyl groups is 1. The molecule has 0 aliphatic rings. The Morgan fingerprint density at radius 2 is 1.88 bits per heavy atom. The van der Waals surface area contributed by atoms with Crippen molar-refractivity contribution in [2.24, 2.45) is 0 Å². The molecule has 1 aromatic rings. The molecule has 4 heteroatoms. The molecule has 96 valence electrons. The van der Waals surface area contributed by atoms with Crippen molar-refractivity contribution >= 4 is 0 Å². The number of nitrogens with one attached hydrogen (secondary N) is 1. The molecule has 0 saturated heterocycles. The van der Waals surface area contributed by atoms with E-state index in [2.05, 4.69) is 12.2 Å². The Labute approximate surface area is 103 Å². The van der Waals surface area contributed by atoms with E-state index in [-0.39, 0.29) is 12.6 Å². The van der Waals surface area contributed by atoms with Gasteiger partial charge in [0.05, 0.1) is 19.3 Å². The van der Waals surface area contributed by atoms with E-state index in [9.17, 15) is 0 Å². The van der Waals surface area contributed by atoms with E-state index in [0.29, 0.717) is 13.2 Å². The SMILES string of the molecule is CCCOc1ccccc1OCC(CO)NC. The van der Waals surface area contributed by atoms with Crippen molar-refractivity contribution in [2.45, 2.75) is 19.4 Å². The fourth-order valence-corrected chi connectivity index (χ4v) is 1.32. The smallest absolute Gasteiger partial charge is 0.161 e. The van der Waals surface area contributed by atoms with Crippen LogP contribution in [0.15, 0.2) is 24.3 Å². The molecule has 0 heterocycles. The number of hydrogen-bond donors (Lipinski definition) is 2. The number of ether oxygens (including phenoxy) is 2. The van der Waals surface area contributed by atoms with Gasteiger partial charge in [-0.2, -0.15) is 0 Å². The van der Waals surface area contributed by atoms with Crippen LogP contribution in [0.4, 0.5) is 0 Å². The van der Waals surface area contributed by atoms with Crippen LogP contribution in [0.5, 0.6) is 11.5 Å². The minimum absolute atomic E-state index is 0.0501. The van der Waals surface area contributed by atoms with Crippen LogP contribution in [0.2, 0.25) is 0 Å². The predicted octanol–water partition coefficient (Wildman–Crippen LogP) is 1.43. The highest BCUT2D eigenvalue weighted by atomic mass is 16.5. The van der Waals surface area contributed by atoms with Crippen molar-refractivity contribution in [2.75, 3.05) is 26.9 Å². The second-order valence-electron chi connectivity index (χ2n) is 3.77. The van der Waals surface area contributed by atoms with Crippen LogP contribution < -0.4 is 14.8 Å². The summed E-state index contributed by atoms with van der Waals surface area (Å²) in [6, 6.07) is 7.52. The van der Waals surface area contributed by atoms with Gasteiger partial charge in [0.15, 0.2) is 11.5 Å². The molecule has 1 unspecified atom stereocenters.